The van der Waals surface area contributed by atoms with Crippen LogP contribution < -0.4 is 5.32 Å². The Bertz CT molecular complexity index is 266. The van der Waals surface area contributed by atoms with Gasteiger partial charge in [-0.25, -0.2) is 0 Å². The van der Waals surface area contributed by atoms with E-state index in [2.05, 4.69) is 17.1 Å². The Kier molecular flexibility index (Phi) is 5.04. The zero-order chi connectivity index (χ0) is 13.0. The molecule has 2 aliphatic rings. The van der Waals surface area contributed by atoms with E-state index in [1.54, 1.807) is 0 Å². The molecule has 2 fully saturated rings. The van der Waals surface area contributed by atoms with Crippen LogP contribution in [-0.2, 0) is 4.79 Å². The Morgan fingerprint density at radius 1 is 1.11 bits per heavy atom. The first-order valence-corrected chi connectivity index (χ1v) is 7.69. The first-order valence-electron chi connectivity index (χ1n) is 7.69. The van der Waals surface area contributed by atoms with Gasteiger partial charge in [-0.2, -0.15) is 0 Å². The highest BCUT2D eigenvalue weighted by Gasteiger charge is 2.30. The molecular weight excluding hydrogens is 224 g/mol. The molecule has 1 amide bonds. The molecular formula is C15H28N2O. The van der Waals surface area contributed by atoms with Crippen LogP contribution in [0.3, 0.4) is 0 Å². The van der Waals surface area contributed by atoms with Crippen LogP contribution in [0.5, 0.6) is 0 Å². The van der Waals surface area contributed by atoms with Gasteiger partial charge in [-0.15, -0.1) is 0 Å². The minimum absolute atomic E-state index is 0.313. The van der Waals surface area contributed by atoms with Crippen molar-refractivity contribution in [2.24, 2.45) is 11.8 Å². The highest BCUT2D eigenvalue weighted by atomic mass is 16.2. The predicted octanol–water partition coefficient (Wildman–Crippen LogP) is 2.41. The lowest BCUT2D eigenvalue weighted by Gasteiger charge is -2.36. The highest BCUT2D eigenvalue weighted by Crippen LogP contribution is 2.32. The van der Waals surface area contributed by atoms with Crippen LogP contribution in [0, 0.1) is 11.8 Å². The second-order valence-corrected chi connectivity index (χ2v) is 6.06. The van der Waals surface area contributed by atoms with Gasteiger partial charge in [-0.1, -0.05) is 13.3 Å². The Morgan fingerprint density at radius 2 is 1.72 bits per heavy atom. The van der Waals surface area contributed by atoms with E-state index in [9.17, 15) is 4.79 Å². The van der Waals surface area contributed by atoms with Gasteiger partial charge in [0.25, 0.3) is 0 Å². The summed E-state index contributed by atoms with van der Waals surface area (Å²) >= 11 is 0. The van der Waals surface area contributed by atoms with Crippen molar-refractivity contribution in [3.8, 4) is 0 Å². The van der Waals surface area contributed by atoms with Crippen LogP contribution in [0.15, 0.2) is 0 Å². The molecule has 0 unspecified atom stereocenters. The zero-order valence-corrected chi connectivity index (χ0v) is 12.0. The summed E-state index contributed by atoms with van der Waals surface area (Å²) < 4.78 is 0. The van der Waals surface area contributed by atoms with Crippen molar-refractivity contribution in [3.63, 3.8) is 0 Å². The second-order valence-electron chi connectivity index (χ2n) is 6.06. The third kappa shape index (κ3) is 3.25. The van der Waals surface area contributed by atoms with E-state index in [0.717, 1.165) is 44.7 Å². The van der Waals surface area contributed by atoms with Crippen molar-refractivity contribution in [1.82, 2.24) is 10.2 Å². The number of rotatable bonds is 3. The second kappa shape index (κ2) is 6.55. The van der Waals surface area contributed by atoms with Crippen molar-refractivity contribution in [1.29, 1.82) is 0 Å². The monoisotopic (exact) mass is 252 g/mol. The highest BCUT2D eigenvalue weighted by molar-refractivity contribution is 5.79. The third-order valence-electron chi connectivity index (χ3n) is 4.98. The van der Waals surface area contributed by atoms with Crippen LogP contribution in [0.2, 0.25) is 0 Å². The first-order chi connectivity index (χ1) is 8.72. The van der Waals surface area contributed by atoms with E-state index in [0.29, 0.717) is 17.9 Å². The maximum absolute atomic E-state index is 12.5. The average molecular weight is 252 g/mol. The maximum Gasteiger partial charge on any atom is 0.225 e. The molecule has 0 radical (unpaired) electrons. The summed E-state index contributed by atoms with van der Waals surface area (Å²) in [6.45, 7) is 4.39. The van der Waals surface area contributed by atoms with E-state index in [-0.39, 0.29) is 0 Å². The lowest BCUT2D eigenvalue weighted by molar-refractivity contribution is -0.138. The van der Waals surface area contributed by atoms with Gasteiger partial charge in [0.05, 0.1) is 0 Å². The van der Waals surface area contributed by atoms with Crippen LogP contribution in [0.4, 0.5) is 0 Å². The van der Waals surface area contributed by atoms with Crippen LogP contribution >= 0.6 is 0 Å². The van der Waals surface area contributed by atoms with Crippen molar-refractivity contribution in [3.05, 3.63) is 0 Å². The molecule has 1 aliphatic heterocycles. The van der Waals surface area contributed by atoms with Crippen molar-refractivity contribution >= 4 is 5.91 Å². The lowest BCUT2D eigenvalue weighted by atomic mass is 9.80. The molecule has 3 nitrogen and oxygen atoms in total. The Balaban J connectivity index is 1.83. The van der Waals surface area contributed by atoms with Crippen LogP contribution in [0.1, 0.15) is 51.9 Å². The molecule has 3 heteroatoms. The van der Waals surface area contributed by atoms with Crippen molar-refractivity contribution in [2.75, 3.05) is 20.1 Å². The van der Waals surface area contributed by atoms with Gasteiger partial charge >= 0.3 is 0 Å². The molecule has 0 aromatic carbocycles. The van der Waals surface area contributed by atoms with E-state index < -0.39 is 0 Å². The molecule has 1 aliphatic carbocycles. The molecule has 2 rings (SSSR count). The normalized spacial score (nSPS) is 30.1. The summed E-state index contributed by atoms with van der Waals surface area (Å²) in [4.78, 5) is 14.6. The van der Waals surface area contributed by atoms with E-state index in [1.807, 2.05) is 7.05 Å². The van der Waals surface area contributed by atoms with Crippen LogP contribution in [-0.4, -0.2) is 37.0 Å². The predicted molar refractivity (Wildman–Crippen MR) is 74.4 cm³/mol. The minimum atomic E-state index is 0.313. The number of carbonyl (C=O) groups is 1. The largest absolute Gasteiger partial charge is 0.342 e. The topological polar surface area (TPSA) is 32.3 Å². The number of amides is 1. The average Bonchev–Trinajstić information content (AvgIpc) is 2.47. The van der Waals surface area contributed by atoms with Crippen molar-refractivity contribution < 1.29 is 4.79 Å². The van der Waals surface area contributed by atoms with Crippen molar-refractivity contribution in [2.45, 2.75) is 57.9 Å². The Hall–Kier alpha value is -0.570. The molecule has 1 N–H and O–H groups in total. The number of nitrogens with zero attached hydrogens (tertiary/aromatic N) is 1. The van der Waals surface area contributed by atoms with E-state index in [4.69, 9.17) is 0 Å². The maximum atomic E-state index is 12.5. The molecule has 18 heavy (non-hydrogen) atoms. The summed E-state index contributed by atoms with van der Waals surface area (Å²) in [5.74, 6) is 1.60. The SMILES string of the molecule is CCC1CCC(C(=O)N(C)C2CCNCC2)CC1. The smallest absolute Gasteiger partial charge is 0.225 e. The number of carbonyl (C=O) groups excluding carboxylic acids is 1. The van der Waals surface area contributed by atoms with Gasteiger partial charge in [0, 0.05) is 19.0 Å². The quantitative estimate of drug-likeness (QED) is 0.836. The van der Waals surface area contributed by atoms with Gasteiger partial charge in [0.2, 0.25) is 5.91 Å². The Morgan fingerprint density at radius 3 is 2.28 bits per heavy atom. The fourth-order valence-electron chi connectivity index (χ4n) is 3.48. The minimum Gasteiger partial charge on any atom is -0.342 e. The Labute approximate surface area is 111 Å². The summed E-state index contributed by atoms with van der Waals surface area (Å²) in [6, 6.07) is 0.475. The van der Waals surface area contributed by atoms with Gasteiger partial charge in [0.15, 0.2) is 0 Å². The molecule has 104 valence electrons. The first kappa shape index (κ1) is 13.9. The zero-order valence-electron chi connectivity index (χ0n) is 12.0. The number of hydrogen-bond donors (Lipinski definition) is 1. The molecule has 0 atom stereocenters. The van der Waals surface area contributed by atoms with Crippen LogP contribution in [0.25, 0.3) is 0 Å². The fourth-order valence-corrected chi connectivity index (χ4v) is 3.48. The molecule has 1 heterocycles. The van der Waals surface area contributed by atoms with Gasteiger partial charge < -0.3 is 10.2 Å². The molecule has 1 saturated carbocycles. The molecule has 0 bridgehead atoms. The summed E-state index contributed by atoms with van der Waals surface area (Å²) in [5.41, 5.74) is 0. The van der Waals surface area contributed by atoms with E-state index >= 15 is 0 Å². The van der Waals surface area contributed by atoms with Gasteiger partial charge in [0.1, 0.15) is 0 Å². The summed E-state index contributed by atoms with van der Waals surface area (Å²) in [7, 11) is 2.02. The summed E-state index contributed by atoms with van der Waals surface area (Å²) in [5, 5.41) is 3.36. The molecule has 0 spiro atoms. The standard InChI is InChI=1S/C15H28N2O/c1-3-12-4-6-13(7-5-12)15(18)17(2)14-8-10-16-11-9-14/h12-14,16H,3-11H2,1-2H3. The third-order valence-corrected chi connectivity index (χ3v) is 4.98. The summed E-state index contributed by atoms with van der Waals surface area (Å²) in [6.07, 6.45) is 8.27. The number of piperidine rings is 1. The van der Waals surface area contributed by atoms with E-state index in [1.165, 1.54) is 19.3 Å². The molecule has 1 saturated heterocycles. The number of hydrogen-bond acceptors (Lipinski definition) is 2. The molecule has 0 aromatic heterocycles. The van der Waals surface area contributed by atoms with Gasteiger partial charge in [-0.05, 0) is 57.5 Å². The fraction of sp³-hybridized carbons (Fsp3) is 0.933. The lowest BCUT2D eigenvalue weighted by Crippen LogP contribution is -2.46. The number of nitrogens with one attached hydrogen (secondary N) is 1. The van der Waals surface area contributed by atoms with Gasteiger partial charge in [-0.3, -0.25) is 4.79 Å². The molecule has 0 aromatic rings.